The van der Waals surface area contributed by atoms with Gasteiger partial charge in [-0.15, -0.1) is 12.4 Å². The van der Waals surface area contributed by atoms with Crippen molar-refractivity contribution in [2.75, 3.05) is 13.1 Å². The molecule has 0 radical (unpaired) electrons. The van der Waals surface area contributed by atoms with Crippen LogP contribution in [0.3, 0.4) is 0 Å². The smallest absolute Gasteiger partial charge is 0.270 e. The summed E-state index contributed by atoms with van der Waals surface area (Å²) in [6.07, 6.45) is 0. The van der Waals surface area contributed by atoms with Crippen molar-refractivity contribution < 1.29 is 4.92 Å². The van der Waals surface area contributed by atoms with Gasteiger partial charge in [-0.3, -0.25) is 15.0 Å². The van der Waals surface area contributed by atoms with Crippen molar-refractivity contribution in [1.29, 1.82) is 0 Å². The predicted molar refractivity (Wildman–Crippen MR) is 95.0 cm³/mol. The van der Waals surface area contributed by atoms with E-state index < -0.39 is 4.92 Å². The standard InChI is InChI=1S/C16H18ClN3O2.ClH/c17-16-10-15(20(21)22)7-6-14(16)12-19(9-8-18)11-13-4-2-1-3-5-13;/h1-7,10H,8-9,11-12,18H2;1H. The summed E-state index contributed by atoms with van der Waals surface area (Å²) in [5.41, 5.74) is 7.72. The van der Waals surface area contributed by atoms with E-state index in [1.54, 1.807) is 6.07 Å². The minimum Gasteiger partial charge on any atom is -0.329 e. The van der Waals surface area contributed by atoms with E-state index in [0.29, 0.717) is 18.1 Å². The van der Waals surface area contributed by atoms with Gasteiger partial charge >= 0.3 is 0 Å². The lowest BCUT2D eigenvalue weighted by molar-refractivity contribution is -0.384. The number of benzene rings is 2. The molecule has 0 aliphatic carbocycles. The second-order valence-corrected chi connectivity index (χ2v) is 5.42. The summed E-state index contributed by atoms with van der Waals surface area (Å²) in [5, 5.41) is 11.2. The Bertz CT molecular complexity index is 638. The van der Waals surface area contributed by atoms with Crippen molar-refractivity contribution in [1.82, 2.24) is 4.90 Å². The van der Waals surface area contributed by atoms with Crippen molar-refractivity contribution in [2.45, 2.75) is 13.1 Å². The van der Waals surface area contributed by atoms with E-state index in [1.165, 1.54) is 17.7 Å². The average Bonchev–Trinajstić information content (AvgIpc) is 2.50. The Kier molecular flexibility index (Phi) is 7.98. The number of halogens is 2. The Morgan fingerprint density at radius 1 is 1.13 bits per heavy atom. The first-order chi connectivity index (χ1) is 10.6. The number of nitro benzene ring substituents is 1. The number of hydrogen-bond donors (Lipinski definition) is 1. The number of nitrogens with zero attached hydrogens (tertiary/aromatic N) is 2. The molecule has 2 aromatic carbocycles. The molecule has 0 aliphatic rings. The van der Waals surface area contributed by atoms with Gasteiger partial charge in [0.2, 0.25) is 0 Å². The Hall–Kier alpha value is -1.66. The topological polar surface area (TPSA) is 72.4 Å². The highest BCUT2D eigenvalue weighted by Gasteiger charge is 2.12. The molecule has 7 heteroatoms. The molecule has 0 bridgehead atoms. The molecule has 0 amide bonds. The lowest BCUT2D eigenvalue weighted by Gasteiger charge is -2.22. The molecule has 0 aliphatic heterocycles. The van der Waals surface area contributed by atoms with E-state index in [1.807, 2.05) is 18.2 Å². The zero-order valence-electron chi connectivity index (χ0n) is 12.5. The first-order valence-electron chi connectivity index (χ1n) is 6.99. The van der Waals surface area contributed by atoms with Gasteiger partial charge in [0.15, 0.2) is 0 Å². The summed E-state index contributed by atoms with van der Waals surface area (Å²) in [7, 11) is 0. The molecule has 0 saturated heterocycles. The molecule has 2 N–H and O–H groups in total. The van der Waals surface area contributed by atoms with Gasteiger partial charge in [0.05, 0.1) is 9.95 Å². The normalized spacial score (nSPS) is 10.4. The maximum absolute atomic E-state index is 10.8. The Morgan fingerprint density at radius 2 is 1.83 bits per heavy atom. The van der Waals surface area contributed by atoms with E-state index in [4.69, 9.17) is 17.3 Å². The van der Waals surface area contributed by atoms with Crippen LogP contribution in [-0.2, 0) is 13.1 Å². The molecule has 124 valence electrons. The summed E-state index contributed by atoms with van der Waals surface area (Å²) in [5.74, 6) is 0. The van der Waals surface area contributed by atoms with Crippen LogP contribution in [0, 0.1) is 10.1 Å². The van der Waals surface area contributed by atoms with Gasteiger partial charge in [-0.25, -0.2) is 0 Å². The molecule has 0 spiro atoms. The summed E-state index contributed by atoms with van der Waals surface area (Å²) < 4.78 is 0. The van der Waals surface area contributed by atoms with Crippen LogP contribution >= 0.6 is 24.0 Å². The fourth-order valence-corrected chi connectivity index (χ4v) is 2.49. The third kappa shape index (κ3) is 5.80. The third-order valence-electron chi connectivity index (χ3n) is 3.34. The van der Waals surface area contributed by atoms with Crippen LogP contribution in [0.4, 0.5) is 5.69 Å². The summed E-state index contributed by atoms with van der Waals surface area (Å²) in [4.78, 5) is 12.5. The molecule has 0 saturated carbocycles. The average molecular weight is 356 g/mol. The first-order valence-corrected chi connectivity index (χ1v) is 7.37. The number of non-ortho nitro benzene ring substituents is 1. The summed E-state index contributed by atoms with van der Waals surface area (Å²) in [6, 6.07) is 14.6. The van der Waals surface area contributed by atoms with Crippen molar-refractivity contribution >= 4 is 29.7 Å². The number of nitro groups is 1. The van der Waals surface area contributed by atoms with Crippen molar-refractivity contribution in [2.24, 2.45) is 5.73 Å². The monoisotopic (exact) mass is 355 g/mol. The number of nitrogens with two attached hydrogens (primary N) is 1. The number of rotatable bonds is 7. The third-order valence-corrected chi connectivity index (χ3v) is 3.69. The van der Waals surface area contributed by atoms with Crippen LogP contribution in [0.1, 0.15) is 11.1 Å². The fraction of sp³-hybridized carbons (Fsp3) is 0.250. The van der Waals surface area contributed by atoms with E-state index >= 15 is 0 Å². The molecule has 23 heavy (non-hydrogen) atoms. The van der Waals surface area contributed by atoms with Crippen LogP contribution in [0.15, 0.2) is 48.5 Å². The highest BCUT2D eigenvalue weighted by atomic mass is 35.5. The van der Waals surface area contributed by atoms with Gasteiger partial charge in [0.1, 0.15) is 0 Å². The second-order valence-electron chi connectivity index (χ2n) is 5.02. The van der Waals surface area contributed by atoms with Crippen LogP contribution < -0.4 is 5.73 Å². The van der Waals surface area contributed by atoms with Crippen molar-refractivity contribution in [3.8, 4) is 0 Å². The van der Waals surface area contributed by atoms with E-state index in [9.17, 15) is 10.1 Å². The lowest BCUT2D eigenvalue weighted by Crippen LogP contribution is -2.28. The molecule has 0 atom stereocenters. The minimum atomic E-state index is -0.447. The molecular formula is C16H19Cl2N3O2. The molecule has 0 unspecified atom stereocenters. The zero-order chi connectivity index (χ0) is 15.9. The predicted octanol–water partition coefficient (Wildman–Crippen LogP) is 3.63. The second kappa shape index (κ2) is 9.47. The van der Waals surface area contributed by atoms with Gasteiger partial charge in [0.25, 0.3) is 5.69 Å². The highest BCUT2D eigenvalue weighted by Crippen LogP contribution is 2.24. The molecule has 0 aromatic heterocycles. The minimum absolute atomic E-state index is 0. The molecular weight excluding hydrogens is 337 g/mol. The van der Waals surface area contributed by atoms with E-state index in [-0.39, 0.29) is 18.1 Å². The molecule has 0 fully saturated rings. The van der Waals surface area contributed by atoms with Crippen molar-refractivity contribution in [3.63, 3.8) is 0 Å². The molecule has 2 rings (SSSR count). The molecule has 0 heterocycles. The Balaban J connectivity index is 0.00000264. The SMILES string of the molecule is Cl.NCCN(Cc1ccccc1)Cc1ccc([N+](=O)[O-])cc1Cl. The number of hydrogen-bond acceptors (Lipinski definition) is 4. The Labute approximate surface area is 146 Å². The molecule has 5 nitrogen and oxygen atoms in total. The van der Waals surface area contributed by atoms with Gasteiger partial charge < -0.3 is 5.73 Å². The van der Waals surface area contributed by atoms with Gasteiger partial charge in [-0.05, 0) is 17.2 Å². The van der Waals surface area contributed by atoms with Crippen LogP contribution in [0.2, 0.25) is 5.02 Å². The summed E-state index contributed by atoms with van der Waals surface area (Å²) in [6.45, 7) is 2.62. The largest absolute Gasteiger partial charge is 0.329 e. The first kappa shape index (κ1) is 19.4. The zero-order valence-corrected chi connectivity index (χ0v) is 14.1. The summed E-state index contributed by atoms with van der Waals surface area (Å²) >= 11 is 6.16. The van der Waals surface area contributed by atoms with Gasteiger partial charge in [-0.2, -0.15) is 0 Å². The van der Waals surface area contributed by atoms with Crippen LogP contribution in [0.5, 0.6) is 0 Å². The highest BCUT2D eigenvalue weighted by molar-refractivity contribution is 6.31. The van der Waals surface area contributed by atoms with Gasteiger partial charge in [-0.1, -0.05) is 41.9 Å². The maximum Gasteiger partial charge on any atom is 0.270 e. The van der Waals surface area contributed by atoms with Crippen LogP contribution in [0.25, 0.3) is 0 Å². The lowest BCUT2D eigenvalue weighted by atomic mass is 10.1. The van der Waals surface area contributed by atoms with E-state index in [2.05, 4.69) is 17.0 Å². The molecule has 2 aromatic rings. The van der Waals surface area contributed by atoms with Crippen molar-refractivity contribution in [3.05, 3.63) is 74.8 Å². The fourth-order valence-electron chi connectivity index (χ4n) is 2.26. The van der Waals surface area contributed by atoms with E-state index in [0.717, 1.165) is 18.7 Å². The van der Waals surface area contributed by atoms with Gasteiger partial charge in [0, 0.05) is 38.3 Å². The Morgan fingerprint density at radius 3 is 2.39 bits per heavy atom. The van der Waals surface area contributed by atoms with Crippen LogP contribution in [-0.4, -0.2) is 22.9 Å². The quantitative estimate of drug-likeness (QED) is 0.607. The maximum atomic E-state index is 10.8.